The molecule has 0 aromatic heterocycles. The van der Waals surface area contributed by atoms with Gasteiger partial charge in [-0.1, -0.05) is 73.4 Å². The molecule has 2 heteroatoms. The van der Waals surface area contributed by atoms with E-state index in [1.807, 2.05) is 0 Å². The van der Waals surface area contributed by atoms with Crippen LogP contribution in [0.4, 0.5) is 0 Å². The zero-order chi connectivity index (χ0) is 20.4. The van der Waals surface area contributed by atoms with E-state index in [-0.39, 0.29) is 28.7 Å². The van der Waals surface area contributed by atoms with Gasteiger partial charge in [-0.3, -0.25) is 9.69 Å². The van der Waals surface area contributed by atoms with Gasteiger partial charge in [0, 0.05) is 30.5 Å². The number of nitrogens with zero attached hydrogens (tertiary/aromatic N) is 1. The third-order valence-corrected chi connectivity index (χ3v) is 7.65. The summed E-state index contributed by atoms with van der Waals surface area (Å²) < 4.78 is 0. The Morgan fingerprint density at radius 1 is 0.929 bits per heavy atom. The molecule has 0 spiro atoms. The lowest BCUT2D eigenvalue weighted by Crippen LogP contribution is -2.57. The van der Waals surface area contributed by atoms with Crippen LogP contribution < -0.4 is 0 Å². The van der Waals surface area contributed by atoms with Gasteiger partial charge >= 0.3 is 0 Å². The van der Waals surface area contributed by atoms with Gasteiger partial charge in [0.1, 0.15) is 5.78 Å². The van der Waals surface area contributed by atoms with Crippen molar-refractivity contribution in [3.63, 3.8) is 0 Å². The van der Waals surface area contributed by atoms with Crippen LogP contribution >= 0.6 is 0 Å². The molecule has 1 aliphatic carbocycles. The highest BCUT2D eigenvalue weighted by Crippen LogP contribution is 2.49. The van der Waals surface area contributed by atoms with Crippen LogP contribution in [-0.2, 0) is 22.0 Å². The third-order valence-electron chi connectivity index (χ3n) is 7.65. The van der Waals surface area contributed by atoms with Gasteiger partial charge in [-0.25, -0.2) is 0 Å². The Balaban J connectivity index is 1.85. The van der Waals surface area contributed by atoms with Crippen LogP contribution in [0.1, 0.15) is 102 Å². The van der Waals surface area contributed by atoms with E-state index in [0.717, 1.165) is 19.4 Å². The van der Waals surface area contributed by atoms with Crippen LogP contribution in [0.2, 0.25) is 0 Å². The van der Waals surface area contributed by atoms with E-state index in [4.69, 9.17) is 0 Å². The Morgan fingerprint density at radius 3 is 2.18 bits per heavy atom. The summed E-state index contributed by atoms with van der Waals surface area (Å²) in [5.41, 5.74) is 6.14. The molecule has 0 N–H and O–H groups in total. The molecule has 1 aromatic carbocycles. The number of piperidine rings is 1. The van der Waals surface area contributed by atoms with Gasteiger partial charge < -0.3 is 0 Å². The van der Waals surface area contributed by atoms with E-state index < -0.39 is 0 Å². The highest BCUT2D eigenvalue weighted by molar-refractivity contribution is 5.86. The van der Waals surface area contributed by atoms with E-state index in [1.165, 1.54) is 41.5 Å². The van der Waals surface area contributed by atoms with Gasteiger partial charge in [0.15, 0.2) is 0 Å². The number of benzene rings is 1. The van der Waals surface area contributed by atoms with E-state index in [0.29, 0.717) is 11.8 Å². The second kappa shape index (κ2) is 6.69. The van der Waals surface area contributed by atoms with Crippen molar-refractivity contribution in [2.24, 2.45) is 11.8 Å². The second-order valence-corrected chi connectivity index (χ2v) is 11.7. The van der Waals surface area contributed by atoms with Crippen molar-refractivity contribution in [3.05, 3.63) is 34.4 Å². The molecule has 0 bridgehead atoms. The first kappa shape index (κ1) is 20.1. The Hall–Kier alpha value is -1.15. The first-order valence-corrected chi connectivity index (χ1v) is 11.5. The second-order valence-electron chi connectivity index (χ2n) is 11.7. The first-order valence-electron chi connectivity index (χ1n) is 11.5. The number of rotatable bonds is 0. The predicted octanol–water partition coefficient (Wildman–Crippen LogP) is 5.96. The first-order chi connectivity index (χ1) is 13.0. The van der Waals surface area contributed by atoms with Gasteiger partial charge in [0.25, 0.3) is 0 Å². The molecule has 28 heavy (non-hydrogen) atoms. The lowest BCUT2D eigenvalue weighted by molar-refractivity contribution is -0.141. The minimum Gasteiger partial charge on any atom is -0.299 e. The van der Waals surface area contributed by atoms with Crippen LogP contribution in [0, 0.1) is 11.8 Å². The number of carbonyl (C=O) groups is 1. The lowest BCUT2D eigenvalue weighted by atomic mass is 9.66. The summed E-state index contributed by atoms with van der Waals surface area (Å²) >= 11 is 0. The largest absolute Gasteiger partial charge is 0.299 e. The van der Waals surface area contributed by atoms with E-state index in [2.05, 4.69) is 65.5 Å². The molecule has 1 aromatic rings. The number of carbonyl (C=O) groups excluding carboxylic acids is 1. The molecular formula is C26H39NO. The molecule has 3 aliphatic rings. The van der Waals surface area contributed by atoms with Crippen LogP contribution in [0.3, 0.4) is 0 Å². The molecule has 1 saturated carbocycles. The number of hydrogen-bond donors (Lipinski definition) is 0. The molecule has 0 radical (unpaired) electrons. The van der Waals surface area contributed by atoms with E-state index >= 15 is 0 Å². The smallest absolute Gasteiger partial charge is 0.142 e. The summed E-state index contributed by atoms with van der Waals surface area (Å²) in [7, 11) is 0. The van der Waals surface area contributed by atoms with Crippen LogP contribution in [0.15, 0.2) is 12.1 Å². The Kier molecular flexibility index (Phi) is 4.81. The molecule has 4 atom stereocenters. The van der Waals surface area contributed by atoms with Crippen LogP contribution in [0.5, 0.6) is 0 Å². The summed E-state index contributed by atoms with van der Waals surface area (Å²) in [5, 5.41) is 0. The minimum atomic E-state index is 0.106. The fourth-order valence-electron chi connectivity index (χ4n) is 6.22. The topological polar surface area (TPSA) is 20.3 Å². The molecule has 4 rings (SSSR count). The zero-order valence-electron chi connectivity index (χ0n) is 19.1. The van der Waals surface area contributed by atoms with Crippen molar-refractivity contribution >= 4 is 5.78 Å². The summed E-state index contributed by atoms with van der Waals surface area (Å²) in [6, 6.07) is 5.76. The van der Waals surface area contributed by atoms with E-state index in [9.17, 15) is 4.79 Å². The summed E-state index contributed by atoms with van der Waals surface area (Å²) in [4.78, 5) is 16.0. The van der Waals surface area contributed by atoms with Crippen molar-refractivity contribution in [1.29, 1.82) is 0 Å². The number of hydrogen-bond acceptors (Lipinski definition) is 2. The molecule has 2 nitrogen and oxygen atoms in total. The average Bonchev–Trinajstić information content (AvgIpc) is 2.62. The maximum absolute atomic E-state index is 13.3. The average molecular weight is 382 g/mol. The monoisotopic (exact) mass is 381 g/mol. The minimum absolute atomic E-state index is 0.106. The Labute approximate surface area is 172 Å². The van der Waals surface area contributed by atoms with Crippen LogP contribution in [-0.4, -0.2) is 23.3 Å². The van der Waals surface area contributed by atoms with Crippen molar-refractivity contribution in [3.8, 4) is 0 Å². The maximum Gasteiger partial charge on any atom is 0.142 e. The number of Topliss-reactive ketones (excluding diaryl/α,β-unsaturated/α-hetero) is 1. The van der Waals surface area contributed by atoms with Crippen molar-refractivity contribution in [2.75, 3.05) is 6.54 Å². The normalized spacial score (nSPS) is 31.2. The summed E-state index contributed by atoms with van der Waals surface area (Å²) in [6.45, 7) is 17.3. The summed E-state index contributed by atoms with van der Waals surface area (Å²) in [5.74, 6) is 0.945. The SMILES string of the molecule is CC1C(=O)C2CCCCC2N2CCc3cc(C(C)(C)C)c(C(C)(C)C)cc3C12. The molecule has 4 unspecified atom stereocenters. The third kappa shape index (κ3) is 3.16. The molecule has 0 amide bonds. The molecule has 1 saturated heterocycles. The standard InChI is InChI=1S/C26H39NO/c1-16-23-19-15-21(26(5,6)7)20(25(2,3)4)14-17(19)12-13-27(23)22-11-9-8-10-18(22)24(16)28/h14-16,18,22-23H,8-13H2,1-7H3. The molecule has 2 fully saturated rings. The Morgan fingerprint density at radius 2 is 1.54 bits per heavy atom. The molecular weight excluding hydrogens is 342 g/mol. The highest BCUT2D eigenvalue weighted by atomic mass is 16.1. The zero-order valence-corrected chi connectivity index (χ0v) is 19.1. The summed E-state index contributed by atoms with van der Waals surface area (Å²) in [6.07, 6.45) is 5.97. The number of ketones is 1. The molecule has 2 heterocycles. The van der Waals surface area contributed by atoms with Gasteiger partial charge in [0.05, 0.1) is 0 Å². The predicted molar refractivity (Wildman–Crippen MR) is 117 cm³/mol. The maximum atomic E-state index is 13.3. The highest BCUT2D eigenvalue weighted by Gasteiger charge is 2.49. The quantitative estimate of drug-likeness (QED) is 0.553. The number of fused-ring (bicyclic) bond motifs is 5. The van der Waals surface area contributed by atoms with Crippen molar-refractivity contribution in [1.82, 2.24) is 4.90 Å². The van der Waals surface area contributed by atoms with Gasteiger partial charge in [0.2, 0.25) is 0 Å². The van der Waals surface area contributed by atoms with Gasteiger partial charge in [-0.05, 0) is 52.3 Å². The van der Waals surface area contributed by atoms with Gasteiger partial charge in [-0.2, -0.15) is 0 Å². The van der Waals surface area contributed by atoms with Crippen LogP contribution in [0.25, 0.3) is 0 Å². The molecule has 2 aliphatic heterocycles. The molecule has 154 valence electrons. The van der Waals surface area contributed by atoms with Gasteiger partial charge in [-0.15, -0.1) is 0 Å². The van der Waals surface area contributed by atoms with E-state index in [1.54, 1.807) is 0 Å². The van der Waals surface area contributed by atoms with Crippen molar-refractivity contribution < 1.29 is 4.79 Å². The fourth-order valence-corrected chi connectivity index (χ4v) is 6.22. The Bertz CT molecular complexity index is 779. The lowest BCUT2D eigenvalue weighted by Gasteiger charge is -2.53. The fraction of sp³-hybridized carbons (Fsp3) is 0.731. The van der Waals surface area contributed by atoms with Crippen molar-refractivity contribution in [2.45, 2.75) is 103 Å².